The van der Waals surface area contributed by atoms with Gasteiger partial charge in [0.1, 0.15) is 5.82 Å². The number of amides is 1. The maximum atomic E-state index is 14.2. The zero-order valence-corrected chi connectivity index (χ0v) is 19.8. The van der Waals surface area contributed by atoms with Gasteiger partial charge in [-0.2, -0.15) is 0 Å². The normalized spacial score (nSPS) is 12.2. The van der Waals surface area contributed by atoms with Crippen molar-refractivity contribution in [1.82, 2.24) is 0 Å². The molecule has 0 saturated heterocycles. The first-order valence-corrected chi connectivity index (χ1v) is 16.5. The predicted octanol–water partition coefficient (Wildman–Crippen LogP) is 4.27. The van der Waals surface area contributed by atoms with E-state index >= 15 is 0 Å². The van der Waals surface area contributed by atoms with Crippen LogP contribution in [0.4, 0.5) is 10.1 Å². The smallest absolute Gasteiger partial charge is 0.328 e. The number of carbonyl (C=O) groups is 2. The number of carboxylic acids is 1. The minimum absolute atomic E-state index is 0.146. The summed E-state index contributed by atoms with van der Waals surface area (Å²) in [4.78, 5) is 23.5. The summed E-state index contributed by atoms with van der Waals surface area (Å²) in [5, 5.41) is 13.9. The van der Waals surface area contributed by atoms with Crippen molar-refractivity contribution >= 4 is 50.2 Å². The molecule has 0 unspecified atom stereocenters. The molecule has 0 radical (unpaired) electrons. The number of halogens is 1. The lowest BCUT2D eigenvalue weighted by atomic mass is 10.1. The minimum atomic E-state index is -1.62. The van der Waals surface area contributed by atoms with Crippen molar-refractivity contribution in [2.75, 3.05) is 5.32 Å². The van der Waals surface area contributed by atoms with Crippen LogP contribution in [0.2, 0.25) is 39.3 Å². The highest BCUT2D eigenvalue weighted by atomic mass is 28.3. The van der Waals surface area contributed by atoms with E-state index in [0.29, 0.717) is 11.3 Å². The lowest BCUT2D eigenvalue weighted by molar-refractivity contribution is -0.131. The molecule has 0 heterocycles. The van der Waals surface area contributed by atoms with E-state index in [9.17, 15) is 14.0 Å². The van der Waals surface area contributed by atoms with E-state index in [1.807, 2.05) is 12.1 Å². The molecule has 1 amide bonds. The molecule has 4 nitrogen and oxygen atoms in total. The van der Waals surface area contributed by atoms with E-state index < -0.39 is 27.9 Å². The summed E-state index contributed by atoms with van der Waals surface area (Å²) in [5.41, 5.74) is 1.05. The number of benzene rings is 2. The van der Waals surface area contributed by atoms with Gasteiger partial charge < -0.3 is 10.4 Å². The fourth-order valence-electron chi connectivity index (χ4n) is 2.73. The van der Waals surface area contributed by atoms with Gasteiger partial charge in [-0.15, -0.1) is 0 Å². The molecule has 2 aromatic rings. The topological polar surface area (TPSA) is 66.4 Å². The molecule has 7 heteroatoms. The van der Waals surface area contributed by atoms with Crippen LogP contribution in [0, 0.1) is 5.82 Å². The summed E-state index contributed by atoms with van der Waals surface area (Å²) >= 11 is 0. The molecule has 2 rings (SSSR count). The summed E-state index contributed by atoms with van der Waals surface area (Å²) in [6.07, 6.45) is 2.05. The molecule has 154 valence electrons. The molecule has 0 spiro atoms. The molecular formula is C22H28FNO3Si2. The number of anilines is 1. The number of carboxylic acid groups (broad SMARTS) is 1. The summed E-state index contributed by atoms with van der Waals surface area (Å²) in [6.45, 7) is 13.5. The Morgan fingerprint density at radius 2 is 1.48 bits per heavy atom. The Morgan fingerprint density at radius 3 is 1.93 bits per heavy atom. The van der Waals surface area contributed by atoms with E-state index in [0.717, 1.165) is 6.08 Å². The van der Waals surface area contributed by atoms with E-state index in [1.54, 1.807) is 6.07 Å². The first-order chi connectivity index (χ1) is 13.3. The van der Waals surface area contributed by atoms with Crippen molar-refractivity contribution in [3.8, 4) is 0 Å². The van der Waals surface area contributed by atoms with Crippen LogP contribution in [0.3, 0.4) is 0 Å². The van der Waals surface area contributed by atoms with Crippen LogP contribution >= 0.6 is 0 Å². The van der Waals surface area contributed by atoms with Crippen LogP contribution in [-0.2, 0) is 4.79 Å². The molecule has 0 aliphatic carbocycles. The van der Waals surface area contributed by atoms with E-state index in [-0.39, 0.29) is 11.5 Å². The maximum absolute atomic E-state index is 14.2. The number of hydrogen-bond donors (Lipinski definition) is 2. The molecule has 0 fully saturated rings. The minimum Gasteiger partial charge on any atom is -0.478 e. The molecule has 0 aromatic heterocycles. The largest absolute Gasteiger partial charge is 0.478 e. The molecule has 2 N–H and O–H groups in total. The number of rotatable bonds is 6. The monoisotopic (exact) mass is 429 g/mol. The Balaban J connectivity index is 2.35. The van der Waals surface area contributed by atoms with Gasteiger partial charge in [0.15, 0.2) is 0 Å². The van der Waals surface area contributed by atoms with Gasteiger partial charge >= 0.3 is 5.97 Å². The summed E-state index contributed by atoms with van der Waals surface area (Å²) in [6, 6.07) is 10.3. The lowest BCUT2D eigenvalue weighted by Crippen LogP contribution is -2.46. The molecule has 0 atom stereocenters. The summed E-state index contributed by atoms with van der Waals surface area (Å²) in [5.74, 6) is -2.03. The fraction of sp³-hybridized carbons (Fsp3) is 0.273. The second kappa shape index (κ2) is 8.46. The van der Waals surface area contributed by atoms with Crippen LogP contribution in [0.1, 0.15) is 15.9 Å². The van der Waals surface area contributed by atoms with Gasteiger partial charge in [0.25, 0.3) is 5.91 Å². The number of hydrogen-bond acceptors (Lipinski definition) is 2. The Bertz CT molecular complexity index is 941. The number of nitrogens with one attached hydrogen (secondary N) is 1. The molecule has 0 aliphatic heterocycles. The molecular weight excluding hydrogens is 401 g/mol. The third-order valence-electron chi connectivity index (χ3n) is 4.59. The van der Waals surface area contributed by atoms with Gasteiger partial charge in [-0.3, -0.25) is 4.79 Å². The Hall–Kier alpha value is -2.52. The number of carbonyl (C=O) groups excluding carboxylic acids is 1. The molecule has 0 bridgehead atoms. The van der Waals surface area contributed by atoms with Gasteiger partial charge in [0.2, 0.25) is 0 Å². The third-order valence-corrected chi connectivity index (χ3v) is 8.63. The van der Waals surface area contributed by atoms with Gasteiger partial charge in [0, 0.05) is 22.9 Å². The maximum Gasteiger partial charge on any atom is 0.328 e. The van der Waals surface area contributed by atoms with Crippen molar-refractivity contribution in [1.29, 1.82) is 0 Å². The van der Waals surface area contributed by atoms with Crippen LogP contribution in [0.5, 0.6) is 0 Å². The first-order valence-electron chi connectivity index (χ1n) is 9.45. The fourth-order valence-corrected chi connectivity index (χ4v) is 5.23. The van der Waals surface area contributed by atoms with Crippen molar-refractivity contribution in [2.45, 2.75) is 39.3 Å². The Morgan fingerprint density at radius 1 is 0.931 bits per heavy atom. The van der Waals surface area contributed by atoms with Crippen LogP contribution in [0.25, 0.3) is 6.08 Å². The van der Waals surface area contributed by atoms with Crippen molar-refractivity contribution in [3.05, 3.63) is 59.4 Å². The zero-order valence-electron chi connectivity index (χ0n) is 17.8. The van der Waals surface area contributed by atoms with E-state index in [4.69, 9.17) is 5.11 Å². The van der Waals surface area contributed by atoms with E-state index in [1.165, 1.54) is 28.6 Å². The average Bonchev–Trinajstić information content (AvgIpc) is 2.59. The highest BCUT2D eigenvalue weighted by Crippen LogP contribution is 2.17. The third kappa shape index (κ3) is 6.23. The Kier molecular flexibility index (Phi) is 6.65. The van der Waals surface area contributed by atoms with E-state index in [2.05, 4.69) is 50.7 Å². The second-order valence-electron chi connectivity index (χ2n) is 9.16. The highest BCUT2D eigenvalue weighted by Gasteiger charge is 2.24. The summed E-state index contributed by atoms with van der Waals surface area (Å²) < 4.78 is 14.2. The molecule has 29 heavy (non-hydrogen) atoms. The second-order valence-corrected chi connectivity index (χ2v) is 19.3. The van der Waals surface area contributed by atoms with Gasteiger partial charge in [-0.05, 0) is 24.3 Å². The quantitative estimate of drug-likeness (QED) is 0.532. The highest BCUT2D eigenvalue weighted by molar-refractivity contribution is 6.91. The van der Waals surface area contributed by atoms with Crippen LogP contribution in [-0.4, -0.2) is 33.1 Å². The lowest BCUT2D eigenvalue weighted by Gasteiger charge is -2.24. The summed E-state index contributed by atoms with van der Waals surface area (Å²) in [7, 11) is -3.24. The molecule has 0 aliphatic rings. The van der Waals surface area contributed by atoms with Gasteiger partial charge in [-0.25, -0.2) is 9.18 Å². The SMILES string of the molecule is C[Si](C)(C)c1cc(C(=O)Nc2ccc(/C=C/C(=O)O)c(F)c2)cc([Si](C)(C)C)c1. The van der Waals surface area contributed by atoms with Crippen molar-refractivity contribution < 1.29 is 19.1 Å². The predicted molar refractivity (Wildman–Crippen MR) is 123 cm³/mol. The van der Waals surface area contributed by atoms with Crippen molar-refractivity contribution in [2.24, 2.45) is 0 Å². The first kappa shape index (κ1) is 22.8. The van der Waals surface area contributed by atoms with Crippen molar-refractivity contribution in [3.63, 3.8) is 0 Å². The van der Waals surface area contributed by atoms with Gasteiger partial charge in [0.05, 0.1) is 16.1 Å². The molecule has 0 saturated carbocycles. The van der Waals surface area contributed by atoms with Gasteiger partial charge in [-0.1, -0.05) is 67.9 Å². The number of aliphatic carboxylic acids is 1. The standard InChI is InChI=1S/C22H28FNO3Si2/c1-28(2,3)18-11-16(12-19(14-18)29(4,5)6)22(27)24-17-9-7-15(20(23)13-17)8-10-21(25)26/h7-14H,1-6H3,(H,24,27)(H,25,26)/b10-8+. The molecule has 2 aromatic carbocycles. The van der Waals surface area contributed by atoms with Crippen LogP contribution in [0.15, 0.2) is 42.5 Å². The van der Waals surface area contributed by atoms with Crippen LogP contribution < -0.4 is 15.7 Å². The zero-order chi connectivity index (χ0) is 22.0. The Labute approximate surface area is 173 Å². The average molecular weight is 430 g/mol.